The summed E-state index contributed by atoms with van der Waals surface area (Å²) in [6.07, 6.45) is 4.50. The van der Waals surface area contributed by atoms with Crippen molar-refractivity contribution in [2.45, 2.75) is 45.1 Å². The lowest BCUT2D eigenvalue weighted by Gasteiger charge is -2.29. The van der Waals surface area contributed by atoms with Crippen LogP contribution in [0.5, 0.6) is 0 Å². The fourth-order valence-electron chi connectivity index (χ4n) is 2.78. The van der Waals surface area contributed by atoms with Crippen LogP contribution in [-0.2, 0) is 16.0 Å². The Hall–Kier alpha value is -1.55. The average molecular weight is 291 g/mol. The van der Waals surface area contributed by atoms with Crippen LogP contribution in [0.4, 0.5) is 5.69 Å². The maximum Gasteiger partial charge on any atom is 0.303 e. The van der Waals surface area contributed by atoms with Gasteiger partial charge < -0.3 is 15.2 Å². The minimum atomic E-state index is -0.749. The SMILES string of the molecule is CCC1CC(CNc2cccc(CCC(=O)O)c2)CCO1. The molecule has 1 saturated heterocycles. The molecule has 21 heavy (non-hydrogen) atoms. The third-order valence-electron chi connectivity index (χ3n) is 4.08. The van der Waals surface area contributed by atoms with Gasteiger partial charge in [-0.3, -0.25) is 4.79 Å². The van der Waals surface area contributed by atoms with Crippen molar-refractivity contribution in [3.05, 3.63) is 29.8 Å². The van der Waals surface area contributed by atoms with Crippen molar-refractivity contribution in [2.24, 2.45) is 5.92 Å². The molecule has 1 aliphatic rings. The lowest BCUT2D eigenvalue weighted by atomic mass is 9.94. The van der Waals surface area contributed by atoms with Gasteiger partial charge in [-0.25, -0.2) is 0 Å². The number of carboxylic acid groups (broad SMARTS) is 1. The molecule has 1 aliphatic heterocycles. The number of rotatable bonds is 7. The third-order valence-corrected chi connectivity index (χ3v) is 4.08. The smallest absolute Gasteiger partial charge is 0.303 e. The van der Waals surface area contributed by atoms with Gasteiger partial charge in [0, 0.05) is 25.3 Å². The number of anilines is 1. The van der Waals surface area contributed by atoms with Gasteiger partial charge in [0.05, 0.1) is 6.10 Å². The van der Waals surface area contributed by atoms with Gasteiger partial charge in [-0.15, -0.1) is 0 Å². The summed E-state index contributed by atoms with van der Waals surface area (Å²) in [6, 6.07) is 8.06. The first kappa shape index (κ1) is 15.8. The molecule has 4 heteroatoms. The number of carboxylic acids is 1. The number of hydrogen-bond acceptors (Lipinski definition) is 3. The quantitative estimate of drug-likeness (QED) is 0.809. The summed E-state index contributed by atoms with van der Waals surface area (Å²) >= 11 is 0. The highest BCUT2D eigenvalue weighted by atomic mass is 16.5. The summed E-state index contributed by atoms with van der Waals surface area (Å²) in [6.45, 7) is 4.00. The number of benzene rings is 1. The standard InChI is InChI=1S/C17H25NO3/c1-2-16-11-14(8-9-21-16)12-18-15-5-3-4-13(10-15)6-7-17(19)20/h3-5,10,14,16,18H,2,6-9,11-12H2,1H3,(H,19,20). The molecule has 0 radical (unpaired) electrons. The van der Waals surface area contributed by atoms with Crippen LogP contribution >= 0.6 is 0 Å². The van der Waals surface area contributed by atoms with Crippen molar-refractivity contribution >= 4 is 11.7 Å². The Morgan fingerprint density at radius 3 is 3.10 bits per heavy atom. The molecular weight excluding hydrogens is 266 g/mol. The van der Waals surface area contributed by atoms with Crippen LogP contribution in [0.3, 0.4) is 0 Å². The molecule has 0 aromatic heterocycles. The molecule has 1 aromatic carbocycles. The van der Waals surface area contributed by atoms with E-state index < -0.39 is 5.97 Å². The van der Waals surface area contributed by atoms with Gasteiger partial charge in [-0.1, -0.05) is 19.1 Å². The predicted octanol–water partition coefficient (Wildman–Crippen LogP) is 3.32. The summed E-state index contributed by atoms with van der Waals surface area (Å²) in [4.78, 5) is 10.6. The van der Waals surface area contributed by atoms with Crippen LogP contribution in [0.25, 0.3) is 0 Å². The van der Waals surface area contributed by atoms with Crippen LogP contribution in [0.1, 0.15) is 38.2 Å². The van der Waals surface area contributed by atoms with Crippen molar-refractivity contribution in [2.75, 3.05) is 18.5 Å². The van der Waals surface area contributed by atoms with Crippen molar-refractivity contribution in [1.29, 1.82) is 0 Å². The van der Waals surface area contributed by atoms with Crippen molar-refractivity contribution in [1.82, 2.24) is 0 Å². The molecular formula is C17H25NO3. The highest BCUT2D eigenvalue weighted by Gasteiger charge is 2.20. The first-order chi connectivity index (χ1) is 10.2. The van der Waals surface area contributed by atoms with Gasteiger partial charge in [0.1, 0.15) is 0 Å². The first-order valence-corrected chi connectivity index (χ1v) is 7.83. The maximum atomic E-state index is 10.6. The largest absolute Gasteiger partial charge is 0.481 e. The molecule has 1 aromatic rings. The lowest BCUT2D eigenvalue weighted by Crippen LogP contribution is -2.29. The van der Waals surface area contributed by atoms with E-state index >= 15 is 0 Å². The Labute approximate surface area is 126 Å². The molecule has 0 amide bonds. The molecule has 1 fully saturated rings. The van der Waals surface area contributed by atoms with Gasteiger partial charge >= 0.3 is 5.97 Å². The van der Waals surface area contributed by atoms with Crippen LogP contribution in [0.2, 0.25) is 0 Å². The summed E-state index contributed by atoms with van der Waals surface area (Å²) < 4.78 is 5.70. The Morgan fingerprint density at radius 2 is 2.33 bits per heavy atom. The summed E-state index contributed by atoms with van der Waals surface area (Å²) in [5, 5.41) is 12.2. The van der Waals surface area contributed by atoms with Crippen LogP contribution < -0.4 is 5.32 Å². The lowest BCUT2D eigenvalue weighted by molar-refractivity contribution is -0.136. The van der Waals surface area contributed by atoms with E-state index in [1.165, 1.54) is 0 Å². The van der Waals surface area contributed by atoms with E-state index in [0.29, 0.717) is 18.4 Å². The third kappa shape index (κ3) is 5.38. The van der Waals surface area contributed by atoms with Crippen molar-refractivity contribution < 1.29 is 14.6 Å². The number of aliphatic carboxylic acids is 1. The molecule has 0 aliphatic carbocycles. The normalized spacial score (nSPS) is 22.0. The fraction of sp³-hybridized carbons (Fsp3) is 0.588. The zero-order chi connectivity index (χ0) is 15.1. The molecule has 1 heterocycles. The summed E-state index contributed by atoms with van der Waals surface area (Å²) in [5.41, 5.74) is 2.15. The van der Waals surface area contributed by atoms with Gasteiger partial charge in [-0.2, -0.15) is 0 Å². The monoisotopic (exact) mass is 291 g/mol. The molecule has 2 atom stereocenters. The summed E-state index contributed by atoms with van der Waals surface area (Å²) in [5.74, 6) is -0.0902. The van der Waals surface area contributed by atoms with E-state index in [1.54, 1.807) is 0 Å². The minimum absolute atomic E-state index is 0.182. The first-order valence-electron chi connectivity index (χ1n) is 7.83. The molecule has 2 N–H and O–H groups in total. The minimum Gasteiger partial charge on any atom is -0.481 e. The predicted molar refractivity (Wildman–Crippen MR) is 83.6 cm³/mol. The topological polar surface area (TPSA) is 58.6 Å². The number of ether oxygens (including phenoxy) is 1. The zero-order valence-corrected chi connectivity index (χ0v) is 12.7. The Morgan fingerprint density at radius 1 is 1.48 bits per heavy atom. The molecule has 0 bridgehead atoms. The second-order valence-electron chi connectivity index (χ2n) is 5.77. The zero-order valence-electron chi connectivity index (χ0n) is 12.7. The molecule has 2 unspecified atom stereocenters. The van der Waals surface area contributed by atoms with E-state index in [-0.39, 0.29) is 6.42 Å². The van der Waals surface area contributed by atoms with Gasteiger partial charge in [0.2, 0.25) is 0 Å². The fourth-order valence-corrected chi connectivity index (χ4v) is 2.78. The van der Waals surface area contributed by atoms with E-state index in [9.17, 15) is 4.79 Å². The highest BCUT2D eigenvalue weighted by Crippen LogP contribution is 2.23. The van der Waals surface area contributed by atoms with Crippen LogP contribution in [-0.4, -0.2) is 30.3 Å². The summed E-state index contributed by atoms with van der Waals surface area (Å²) in [7, 11) is 0. The van der Waals surface area contributed by atoms with E-state index in [1.807, 2.05) is 18.2 Å². The van der Waals surface area contributed by atoms with Crippen LogP contribution in [0.15, 0.2) is 24.3 Å². The maximum absolute atomic E-state index is 10.6. The highest BCUT2D eigenvalue weighted by molar-refractivity contribution is 5.67. The van der Waals surface area contributed by atoms with E-state index in [2.05, 4.69) is 18.3 Å². The van der Waals surface area contributed by atoms with Crippen molar-refractivity contribution in [3.63, 3.8) is 0 Å². The van der Waals surface area contributed by atoms with E-state index in [4.69, 9.17) is 9.84 Å². The van der Waals surface area contributed by atoms with Crippen molar-refractivity contribution in [3.8, 4) is 0 Å². The van der Waals surface area contributed by atoms with Gasteiger partial charge in [0.15, 0.2) is 0 Å². The number of aryl methyl sites for hydroxylation is 1. The van der Waals surface area contributed by atoms with Gasteiger partial charge in [0.25, 0.3) is 0 Å². The number of hydrogen-bond donors (Lipinski definition) is 2. The second-order valence-corrected chi connectivity index (χ2v) is 5.77. The molecule has 0 saturated carbocycles. The second kappa shape index (κ2) is 8.03. The molecule has 4 nitrogen and oxygen atoms in total. The Kier molecular flexibility index (Phi) is 6.05. The number of nitrogens with one attached hydrogen (secondary N) is 1. The van der Waals surface area contributed by atoms with Crippen LogP contribution in [0, 0.1) is 5.92 Å². The Bertz CT molecular complexity index is 461. The molecule has 2 rings (SSSR count). The molecule has 116 valence electrons. The average Bonchev–Trinajstić information content (AvgIpc) is 2.51. The number of carbonyl (C=O) groups is 1. The molecule has 0 spiro atoms. The Balaban J connectivity index is 1.82. The van der Waals surface area contributed by atoms with E-state index in [0.717, 1.165) is 43.7 Å². The van der Waals surface area contributed by atoms with Gasteiger partial charge in [-0.05, 0) is 49.3 Å².